The molecule has 0 aliphatic carbocycles. The molecule has 0 radical (unpaired) electrons. The van der Waals surface area contributed by atoms with Gasteiger partial charge in [-0.15, -0.1) is 0 Å². The van der Waals surface area contributed by atoms with Crippen LogP contribution >= 0.6 is 0 Å². The molecule has 2 aromatic rings. The number of primary amides is 1. The van der Waals surface area contributed by atoms with Gasteiger partial charge < -0.3 is 15.5 Å². The summed E-state index contributed by atoms with van der Waals surface area (Å²) in [6.07, 6.45) is 0.0233. The number of para-hydroxylation sites is 1. The van der Waals surface area contributed by atoms with Crippen LogP contribution in [0.1, 0.15) is 5.69 Å². The molecule has 0 fully saturated rings. The average Bonchev–Trinajstić information content (AvgIpc) is 2.73. The second-order valence-corrected chi connectivity index (χ2v) is 3.69. The van der Waals surface area contributed by atoms with E-state index in [2.05, 4.69) is 4.98 Å². The predicted molar refractivity (Wildman–Crippen MR) is 55.6 cm³/mol. The lowest BCUT2D eigenvalue weighted by Gasteiger charge is -2.05. The highest BCUT2D eigenvalue weighted by Gasteiger charge is 2.30. The van der Waals surface area contributed by atoms with E-state index in [1.807, 2.05) is 24.3 Å². The average molecular weight is 202 g/mol. The van der Waals surface area contributed by atoms with Crippen molar-refractivity contribution in [1.82, 2.24) is 4.98 Å². The summed E-state index contributed by atoms with van der Waals surface area (Å²) in [5, 5.41) is 1.01. The Hall–Kier alpha value is -1.97. The number of H-pyrrole nitrogens is 1. The van der Waals surface area contributed by atoms with Crippen molar-refractivity contribution in [1.29, 1.82) is 0 Å². The fourth-order valence-corrected chi connectivity index (χ4v) is 1.98. The van der Waals surface area contributed by atoms with Crippen molar-refractivity contribution in [2.75, 3.05) is 0 Å². The molecule has 1 aliphatic rings. The minimum atomic E-state index is -0.518. The molecule has 4 nitrogen and oxygen atoms in total. The summed E-state index contributed by atoms with van der Waals surface area (Å²) < 4.78 is 5.52. The number of carbonyl (C=O) groups excluding carboxylic acids is 1. The maximum atomic E-state index is 11.0. The van der Waals surface area contributed by atoms with Crippen LogP contribution in [-0.2, 0) is 11.2 Å². The monoisotopic (exact) mass is 202 g/mol. The van der Waals surface area contributed by atoms with Gasteiger partial charge in [-0.2, -0.15) is 0 Å². The van der Waals surface area contributed by atoms with Gasteiger partial charge in [0.15, 0.2) is 6.10 Å². The van der Waals surface area contributed by atoms with E-state index >= 15 is 0 Å². The van der Waals surface area contributed by atoms with Crippen LogP contribution in [0.2, 0.25) is 0 Å². The topological polar surface area (TPSA) is 68.1 Å². The van der Waals surface area contributed by atoms with E-state index in [9.17, 15) is 4.79 Å². The Balaban J connectivity index is 2.12. The van der Waals surface area contributed by atoms with Gasteiger partial charge >= 0.3 is 0 Å². The summed E-state index contributed by atoms with van der Waals surface area (Å²) >= 11 is 0. The number of amides is 1. The number of nitrogens with one attached hydrogen (secondary N) is 1. The minimum absolute atomic E-state index is 0.413. The van der Waals surface area contributed by atoms with Gasteiger partial charge in [-0.25, -0.2) is 0 Å². The largest absolute Gasteiger partial charge is 0.478 e. The van der Waals surface area contributed by atoms with Crippen LogP contribution in [0.5, 0.6) is 5.75 Å². The van der Waals surface area contributed by atoms with E-state index in [-0.39, 0.29) is 0 Å². The number of aromatic amines is 1. The van der Waals surface area contributed by atoms with Gasteiger partial charge in [0.1, 0.15) is 5.75 Å². The van der Waals surface area contributed by atoms with Gasteiger partial charge in [-0.1, -0.05) is 12.1 Å². The van der Waals surface area contributed by atoms with E-state index in [0.29, 0.717) is 6.42 Å². The van der Waals surface area contributed by atoms with Crippen LogP contribution in [0, 0.1) is 0 Å². The van der Waals surface area contributed by atoms with Crippen LogP contribution < -0.4 is 10.5 Å². The molecular formula is C11H10N2O2. The van der Waals surface area contributed by atoms with E-state index in [0.717, 1.165) is 22.3 Å². The first kappa shape index (κ1) is 8.35. The number of hydrogen-bond donors (Lipinski definition) is 2. The Morgan fingerprint density at radius 2 is 2.27 bits per heavy atom. The lowest BCUT2D eigenvalue weighted by Crippen LogP contribution is -2.32. The van der Waals surface area contributed by atoms with Gasteiger partial charge in [0.25, 0.3) is 5.91 Å². The normalized spacial score (nSPS) is 18.8. The Morgan fingerprint density at radius 1 is 1.47 bits per heavy atom. The highest BCUT2D eigenvalue weighted by atomic mass is 16.5. The third-order valence-electron chi connectivity index (χ3n) is 2.70. The highest BCUT2D eigenvalue weighted by molar-refractivity contribution is 5.90. The number of fused-ring (bicyclic) bond motifs is 3. The Morgan fingerprint density at radius 3 is 3.07 bits per heavy atom. The Kier molecular flexibility index (Phi) is 1.54. The Bertz CT molecular complexity index is 545. The molecule has 1 atom stereocenters. The number of nitrogens with two attached hydrogens (primary N) is 1. The third kappa shape index (κ3) is 1.11. The molecule has 0 saturated carbocycles. The lowest BCUT2D eigenvalue weighted by atomic mass is 10.2. The van der Waals surface area contributed by atoms with Crippen molar-refractivity contribution in [3.05, 3.63) is 30.0 Å². The number of aromatic nitrogens is 1. The van der Waals surface area contributed by atoms with Crippen molar-refractivity contribution >= 4 is 16.8 Å². The number of ether oxygens (including phenoxy) is 1. The molecular weight excluding hydrogens is 192 g/mol. The first-order chi connectivity index (χ1) is 7.25. The highest BCUT2D eigenvalue weighted by Crippen LogP contribution is 2.36. The number of rotatable bonds is 1. The fraction of sp³-hybridized carbons (Fsp3) is 0.182. The quantitative estimate of drug-likeness (QED) is 0.723. The zero-order chi connectivity index (χ0) is 10.4. The van der Waals surface area contributed by atoms with Gasteiger partial charge in [0.2, 0.25) is 0 Å². The summed E-state index contributed by atoms with van der Waals surface area (Å²) in [6, 6.07) is 7.85. The summed E-state index contributed by atoms with van der Waals surface area (Å²) in [5.74, 6) is 0.359. The summed E-state index contributed by atoms with van der Waals surface area (Å²) in [6.45, 7) is 0. The summed E-state index contributed by atoms with van der Waals surface area (Å²) in [7, 11) is 0. The molecule has 0 bridgehead atoms. The maximum absolute atomic E-state index is 11.0. The van der Waals surface area contributed by atoms with Crippen molar-refractivity contribution in [3.63, 3.8) is 0 Å². The van der Waals surface area contributed by atoms with Crippen molar-refractivity contribution in [3.8, 4) is 5.75 Å². The van der Waals surface area contributed by atoms with E-state index < -0.39 is 12.0 Å². The fourth-order valence-electron chi connectivity index (χ4n) is 1.98. The summed E-state index contributed by atoms with van der Waals surface area (Å²) in [4.78, 5) is 14.2. The van der Waals surface area contributed by atoms with E-state index in [1.165, 1.54) is 0 Å². The van der Waals surface area contributed by atoms with Crippen LogP contribution in [0.4, 0.5) is 0 Å². The zero-order valence-corrected chi connectivity index (χ0v) is 7.99. The summed E-state index contributed by atoms with van der Waals surface area (Å²) in [5.41, 5.74) is 7.19. The maximum Gasteiger partial charge on any atom is 0.258 e. The second kappa shape index (κ2) is 2.76. The van der Waals surface area contributed by atoms with Crippen LogP contribution in [0.25, 0.3) is 10.9 Å². The molecule has 3 rings (SSSR count). The second-order valence-electron chi connectivity index (χ2n) is 3.69. The van der Waals surface area contributed by atoms with Gasteiger partial charge in [0.05, 0.1) is 5.69 Å². The van der Waals surface area contributed by atoms with Crippen molar-refractivity contribution in [2.45, 2.75) is 12.5 Å². The zero-order valence-electron chi connectivity index (χ0n) is 7.99. The molecule has 3 N–H and O–H groups in total. The number of carbonyl (C=O) groups is 1. The van der Waals surface area contributed by atoms with Crippen LogP contribution in [-0.4, -0.2) is 17.0 Å². The first-order valence-electron chi connectivity index (χ1n) is 4.81. The molecule has 0 spiro atoms. The first-order valence-corrected chi connectivity index (χ1v) is 4.81. The molecule has 4 heteroatoms. The number of hydrogen-bond acceptors (Lipinski definition) is 2. The van der Waals surface area contributed by atoms with Crippen LogP contribution in [0.3, 0.4) is 0 Å². The smallest absolute Gasteiger partial charge is 0.258 e. The van der Waals surface area contributed by atoms with Gasteiger partial charge in [-0.3, -0.25) is 4.79 Å². The molecule has 1 aromatic heterocycles. The van der Waals surface area contributed by atoms with E-state index in [1.54, 1.807) is 0 Å². The standard InChI is InChI=1S/C11H10N2O2/c12-11(14)9-5-8-10(15-9)6-3-1-2-4-7(6)13-8/h1-4,9,13H,5H2,(H2,12,14). The van der Waals surface area contributed by atoms with Crippen LogP contribution in [0.15, 0.2) is 24.3 Å². The Labute approximate surface area is 86.0 Å². The molecule has 1 aliphatic heterocycles. The van der Waals surface area contributed by atoms with Gasteiger partial charge in [0, 0.05) is 17.3 Å². The van der Waals surface area contributed by atoms with E-state index in [4.69, 9.17) is 10.5 Å². The molecule has 76 valence electrons. The lowest BCUT2D eigenvalue weighted by molar-refractivity contribution is -0.123. The SMILES string of the molecule is NC(=O)C1Cc2[nH]c3ccccc3c2O1. The molecule has 1 amide bonds. The predicted octanol–water partition coefficient (Wildman–Crippen LogP) is 0.957. The minimum Gasteiger partial charge on any atom is -0.478 e. The molecule has 0 saturated heterocycles. The third-order valence-corrected chi connectivity index (χ3v) is 2.70. The van der Waals surface area contributed by atoms with Gasteiger partial charge in [-0.05, 0) is 12.1 Å². The molecule has 2 heterocycles. The van der Waals surface area contributed by atoms with Crippen molar-refractivity contribution < 1.29 is 9.53 Å². The number of benzene rings is 1. The van der Waals surface area contributed by atoms with Crippen molar-refractivity contribution in [2.24, 2.45) is 5.73 Å². The molecule has 1 aromatic carbocycles. The molecule has 15 heavy (non-hydrogen) atoms. The molecule has 1 unspecified atom stereocenters.